The topological polar surface area (TPSA) is 54.5 Å². The summed E-state index contributed by atoms with van der Waals surface area (Å²) in [6.45, 7) is 5.77. The standard InChI is InChI=1S/C11H17N3O2S/c1-7-6-14(4-5-16-7)11(15)9-8(2)13-17-10(9)12-3/h7,12H,4-6H2,1-3H3. The Morgan fingerprint density at radius 1 is 1.65 bits per heavy atom. The van der Waals surface area contributed by atoms with Crippen molar-refractivity contribution in [1.29, 1.82) is 0 Å². The molecule has 1 N–H and O–H groups in total. The Hall–Kier alpha value is -1.14. The summed E-state index contributed by atoms with van der Waals surface area (Å²) in [7, 11) is 1.81. The number of carbonyl (C=O) groups excluding carboxylic acids is 1. The second kappa shape index (κ2) is 5.01. The van der Waals surface area contributed by atoms with Gasteiger partial charge in [0, 0.05) is 20.1 Å². The molecule has 1 aromatic heterocycles. The van der Waals surface area contributed by atoms with Crippen molar-refractivity contribution in [3.05, 3.63) is 11.3 Å². The molecule has 0 bridgehead atoms. The summed E-state index contributed by atoms with van der Waals surface area (Å²) in [5.74, 6) is 0.0516. The fourth-order valence-electron chi connectivity index (χ4n) is 1.95. The van der Waals surface area contributed by atoms with Gasteiger partial charge in [0.15, 0.2) is 0 Å². The van der Waals surface area contributed by atoms with E-state index in [1.54, 1.807) is 0 Å². The molecular formula is C11H17N3O2S. The lowest BCUT2D eigenvalue weighted by atomic mass is 10.2. The molecule has 1 fully saturated rings. The first-order chi connectivity index (χ1) is 8.13. The van der Waals surface area contributed by atoms with E-state index in [2.05, 4.69) is 9.69 Å². The molecule has 17 heavy (non-hydrogen) atoms. The minimum Gasteiger partial charge on any atom is -0.378 e. The number of aromatic nitrogens is 1. The maximum absolute atomic E-state index is 12.4. The molecule has 0 aromatic carbocycles. The number of anilines is 1. The number of aryl methyl sites for hydroxylation is 1. The van der Waals surface area contributed by atoms with Crippen LogP contribution in [0, 0.1) is 6.92 Å². The van der Waals surface area contributed by atoms with Crippen molar-refractivity contribution in [2.75, 3.05) is 32.1 Å². The number of hydrogen-bond acceptors (Lipinski definition) is 5. The van der Waals surface area contributed by atoms with Crippen LogP contribution >= 0.6 is 11.5 Å². The highest BCUT2D eigenvalue weighted by Crippen LogP contribution is 2.25. The molecule has 1 amide bonds. The molecule has 0 aliphatic carbocycles. The van der Waals surface area contributed by atoms with Crippen molar-refractivity contribution in [2.45, 2.75) is 20.0 Å². The first kappa shape index (κ1) is 12.3. The average molecular weight is 255 g/mol. The van der Waals surface area contributed by atoms with Gasteiger partial charge in [-0.15, -0.1) is 0 Å². The Labute approximate surface area is 105 Å². The van der Waals surface area contributed by atoms with Crippen LogP contribution in [-0.2, 0) is 4.74 Å². The summed E-state index contributed by atoms with van der Waals surface area (Å²) in [6, 6.07) is 0. The molecule has 2 rings (SSSR count). The molecule has 1 aromatic rings. The average Bonchev–Trinajstić information content (AvgIpc) is 2.69. The van der Waals surface area contributed by atoms with Gasteiger partial charge >= 0.3 is 0 Å². The van der Waals surface area contributed by atoms with Gasteiger partial charge in [0.2, 0.25) is 0 Å². The van der Waals surface area contributed by atoms with Crippen molar-refractivity contribution >= 4 is 22.4 Å². The van der Waals surface area contributed by atoms with Gasteiger partial charge in [-0.3, -0.25) is 4.79 Å². The lowest BCUT2D eigenvalue weighted by molar-refractivity contribution is -0.0124. The van der Waals surface area contributed by atoms with Crippen molar-refractivity contribution in [2.24, 2.45) is 0 Å². The maximum Gasteiger partial charge on any atom is 0.258 e. The van der Waals surface area contributed by atoms with E-state index in [-0.39, 0.29) is 12.0 Å². The van der Waals surface area contributed by atoms with E-state index in [9.17, 15) is 4.79 Å². The minimum absolute atomic E-state index is 0.0516. The van der Waals surface area contributed by atoms with E-state index in [1.807, 2.05) is 25.8 Å². The van der Waals surface area contributed by atoms with Crippen LogP contribution in [0.25, 0.3) is 0 Å². The van der Waals surface area contributed by atoms with E-state index < -0.39 is 0 Å². The smallest absolute Gasteiger partial charge is 0.258 e. The van der Waals surface area contributed by atoms with Gasteiger partial charge in [0.05, 0.1) is 24.0 Å². The van der Waals surface area contributed by atoms with Crippen LogP contribution in [0.2, 0.25) is 0 Å². The van der Waals surface area contributed by atoms with E-state index >= 15 is 0 Å². The molecule has 0 radical (unpaired) electrons. The minimum atomic E-state index is 0.0516. The van der Waals surface area contributed by atoms with Gasteiger partial charge in [-0.05, 0) is 25.4 Å². The number of amides is 1. The third-order valence-electron chi connectivity index (χ3n) is 2.83. The number of hydrogen-bond donors (Lipinski definition) is 1. The number of rotatable bonds is 2. The van der Waals surface area contributed by atoms with E-state index in [4.69, 9.17) is 4.74 Å². The normalized spacial score (nSPS) is 20.4. The summed E-state index contributed by atoms with van der Waals surface area (Å²) >= 11 is 1.33. The highest BCUT2D eigenvalue weighted by molar-refractivity contribution is 7.10. The molecule has 6 heteroatoms. The monoisotopic (exact) mass is 255 g/mol. The molecule has 1 aliphatic rings. The summed E-state index contributed by atoms with van der Waals surface area (Å²) in [6.07, 6.45) is 0.109. The van der Waals surface area contributed by atoms with E-state index in [1.165, 1.54) is 11.5 Å². The molecule has 1 atom stereocenters. The third-order valence-corrected chi connectivity index (χ3v) is 3.79. The number of ether oxygens (including phenoxy) is 1. The van der Waals surface area contributed by atoms with Crippen LogP contribution in [0.5, 0.6) is 0 Å². The second-order valence-electron chi connectivity index (χ2n) is 4.15. The molecule has 2 heterocycles. The lowest BCUT2D eigenvalue weighted by Gasteiger charge is -2.31. The first-order valence-electron chi connectivity index (χ1n) is 5.68. The third kappa shape index (κ3) is 2.42. The molecule has 0 saturated carbocycles. The van der Waals surface area contributed by atoms with Gasteiger partial charge < -0.3 is 15.0 Å². The lowest BCUT2D eigenvalue weighted by Crippen LogP contribution is -2.44. The predicted octanol–water partition coefficient (Wildman–Crippen LogP) is 1.35. The Morgan fingerprint density at radius 3 is 3.06 bits per heavy atom. The number of morpholine rings is 1. The Bertz CT molecular complexity index is 419. The molecule has 0 spiro atoms. The molecule has 5 nitrogen and oxygen atoms in total. The molecule has 1 saturated heterocycles. The van der Waals surface area contributed by atoms with Gasteiger partial charge in [-0.1, -0.05) is 0 Å². The van der Waals surface area contributed by atoms with Crippen LogP contribution in [0.4, 0.5) is 5.00 Å². The van der Waals surface area contributed by atoms with Crippen molar-refractivity contribution in [1.82, 2.24) is 9.27 Å². The summed E-state index contributed by atoms with van der Waals surface area (Å²) in [5.41, 5.74) is 1.50. The Kier molecular flexibility index (Phi) is 3.63. The summed E-state index contributed by atoms with van der Waals surface area (Å²) in [4.78, 5) is 14.2. The van der Waals surface area contributed by atoms with Crippen LogP contribution in [-0.4, -0.2) is 48.0 Å². The quantitative estimate of drug-likeness (QED) is 0.867. The fraction of sp³-hybridized carbons (Fsp3) is 0.636. The predicted molar refractivity (Wildman–Crippen MR) is 67.7 cm³/mol. The van der Waals surface area contributed by atoms with E-state index in [0.717, 1.165) is 10.7 Å². The van der Waals surface area contributed by atoms with Gasteiger partial charge in [-0.25, -0.2) is 0 Å². The Morgan fingerprint density at radius 2 is 2.41 bits per heavy atom. The second-order valence-corrected chi connectivity index (χ2v) is 4.93. The van der Waals surface area contributed by atoms with Crippen molar-refractivity contribution in [3.63, 3.8) is 0 Å². The van der Waals surface area contributed by atoms with Gasteiger partial charge in [-0.2, -0.15) is 4.37 Å². The van der Waals surface area contributed by atoms with Crippen molar-refractivity contribution in [3.8, 4) is 0 Å². The summed E-state index contributed by atoms with van der Waals surface area (Å²) < 4.78 is 9.66. The highest BCUT2D eigenvalue weighted by atomic mass is 32.1. The molecular weight excluding hydrogens is 238 g/mol. The number of carbonyl (C=O) groups is 1. The van der Waals surface area contributed by atoms with Crippen LogP contribution < -0.4 is 5.32 Å². The highest BCUT2D eigenvalue weighted by Gasteiger charge is 2.26. The van der Waals surface area contributed by atoms with Crippen LogP contribution in [0.1, 0.15) is 23.0 Å². The Balaban J connectivity index is 2.21. The maximum atomic E-state index is 12.4. The SMILES string of the molecule is CNc1snc(C)c1C(=O)N1CCOC(C)C1. The first-order valence-corrected chi connectivity index (χ1v) is 6.45. The summed E-state index contributed by atoms with van der Waals surface area (Å²) in [5, 5.41) is 3.86. The molecule has 1 aliphatic heterocycles. The van der Waals surface area contributed by atoms with Gasteiger partial charge in [0.25, 0.3) is 5.91 Å². The van der Waals surface area contributed by atoms with E-state index in [0.29, 0.717) is 25.3 Å². The van der Waals surface area contributed by atoms with Crippen molar-refractivity contribution < 1.29 is 9.53 Å². The number of nitrogens with one attached hydrogen (secondary N) is 1. The molecule has 94 valence electrons. The fourth-order valence-corrected chi connectivity index (χ4v) is 2.69. The largest absolute Gasteiger partial charge is 0.378 e. The zero-order valence-electron chi connectivity index (χ0n) is 10.3. The number of nitrogens with zero attached hydrogens (tertiary/aromatic N) is 2. The van der Waals surface area contributed by atoms with Gasteiger partial charge in [0.1, 0.15) is 5.00 Å². The zero-order chi connectivity index (χ0) is 12.4. The van der Waals surface area contributed by atoms with Crippen LogP contribution in [0.15, 0.2) is 0 Å². The van der Waals surface area contributed by atoms with Crippen LogP contribution in [0.3, 0.4) is 0 Å². The molecule has 1 unspecified atom stereocenters. The zero-order valence-corrected chi connectivity index (χ0v) is 11.1.